The Kier molecular flexibility index (Phi) is 5.86. The lowest BCUT2D eigenvalue weighted by molar-refractivity contribution is -0.128. The topological polar surface area (TPSA) is 23.1 Å². The minimum absolute atomic E-state index is 0.656. The molecule has 2 rings (SSSR count). The van der Waals surface area contributed by atoms with Gasteiger partial charge in [0.1, 0.15) is 11.6 Å². The van der Waals surface area contributed by atoms with Crippen molar-refractivity contribution in [3.63, 3.8) is 0 Å². The molecule has 0 aliphatic rings. The third-order valence-corrected chi connectivity index (χ3v) is 4.87. The minimum atomic E-state index is -4.84. The van der Waals surface area contributed by atoms with Crippen molar-refractivity contribution in [2.75, 3.05) is 0 Å². The molecular formula is C16H10F8OS. The molecule has 1 nitrogen and oxygen atoms in total. The van der Waals surface area contributed by atoms with Gasteiger partial charge in [-0.3, -0.25) is 0 Å². The van der Waals surface area contributed by atoms with Crippen LogP contribution in [0.1, 0.15) is 11.1 Å². The SMILES string of the molecule is [O-][S+](c1cccc(F)c1CC(F)(F)F)c1cccc(F)c1CC(F)(F)F. The number of benzene rings is 2. The van der Waals surface area contributed by atoms with Crippen LogP contribution in [0.5, 0.6) is 0 Å². The molecule has 0 aliphatic carbocycles. The highest BCUT2D eigenvalue weighted by molar-refractivity contribution is 7.91. The molecule has 0 spiro atoms. The van der Waals surface area contributed by atoms with Gasteiger partial charge in [0, 0.05) is 11.2 Å². The van der Waals surface area contributed by atoms with Crippen LogP contribution in [0.15, 0.2) is 46.2 Å². The van der Waals surface area contributed by atoms with E-state index in [1.807, 2.05) is 0 Å². The van der Waals surface area contributed by atoms with Crippen LogP contribution in [-0.4, -0.2) is 16.9 Å². The second-order valence-corrected chi connectivity index (χ2v) is 6.70. The first-order valence-electron chi connectivity index (χ1n) is 6.99. The average Bonchev–Trinajstić information content (AvgIpc) is 2.48. The average molecular weight is 402 g/mol. The number of rotatable bonds is 4. The van der Waals surface area contributed by atoms with E-state index in [0.29, 0.717) is 12.1 Å². The molecule has 0 aromatic heterocycles. The molecule has 10 heteroatoms. The molecule has 0 aliphatic heterocycles. The molecular weight excluding hydrogens is 392 g/mol. The second kappa shape index (κ2) is 7.43. The lowest BCUT2D eigenvalue weighted by Gasteiger charge is -2.18. The molecule has 142 valence electrons. The Labute approximate surface area is 145 Å². The fraction of sp³-hybridized carbons (Fsp3) is 0.250. The normalized spacial score (nSPS) is 12.7. The van der Waals surface area contributed by atoms with Gasteiger partial charge in [-0.1, -0.05) is 12.1 Å². The van der Waals surface area contributed by atoms with Crippen LogP contribution in [0.3, 0.4) is 0 Å². The zero-order valence-electron chi connectivity index (χ0n) is 12.7. The Morgan fingerprint density at radius 2 is 1.04 bits per heavy atom. The highest BCUT2D eigenvalue weighted by Gasteiger charge is 2.37. The molecule has 0 heterocycles. The van der Waals surface area contributed by atoms with Crippen LogP contribution < -0.4 is 0 Å². The summed E-state index contributed by atoms with van der Waals surface area (Å²) in [4.78, 5) is -1.31. The second-order valence-electron chi connectivity index (χ2n) is 5.29. The van der Waals surface area contributed by atoms with Gasteiger partial charge < -0.3 is 4.55 Å². The van der Waals surface area contributed by atoms with Crippen molar-refractivity contribution in [2.24, 2.45) is 0 Å². The summed E-state index contributed by atoms with van der Waals surface area (Å²) in [5.74, 6) is -2.61. The van der Waals surface area contributed by atoms with E-state index in [1.54, 1.807) is 0 Å². The number of halogens is 8. The van der Waals surface area contributed by atoms with E-state index in [9.17, 15) is 39.7 Å². The molecule has 0 amide bonds. The maximum absolute atomic E-state index is 13.8. The van der Waals surface area contributed by atoms with E-state index in [2.05, 4.69) is 0 Å². The first kappa shape index (κ1) is 20.5. The molecule has 0 atom stereocenters. The van der Waals surface area contributed by atoms with E-state index in [1.165, 1.54) is 0 Å². The molecule has 0 bridgehead atoms. The Balaban J connectivity index is 2.56. The van der Waals surface area contributed by atoms with Crippen LogP contribution in [-0.2, 0) is 24.0 Å². The quantitative estimate of drug-likeness (QED) is 0.500. The fourth-order valence-corrected chi connectivity index (χ4v) is 3.72. The zero-order valence-corrected chi connectivity index (χ0v) is 13.5. The number of hydrogen-bond acceptors (Lipinski definition) is 1. The summed E-state index contributed by atoms with van der Waals surface area (Å²) in [6, 6.07) is 5.19. The number of hydrogen-bond donors (Lipinski definition) is 0. The van der Waals surface area contributed by atoms with Crippen LogP contribution >= 0.6 is 0 Å². The predicted octanol–water partition coefficient (Wildman–Crippen LogP) is 5.34. The minimum Gasteiger partial charge on any atom is -0.606 e. The summed E-state index contributed by atoms with van der Waals surface area (Å²) in [6.07, 6.45) is -13.2. The van der Waals surface area contributed by atoms with Crippen LogP contribution in [0.4, 0.5) is 35.1 Å². The summed E-state index contributed by atoms with van der Waals surface area (Å²) < 4.78 is 116. The largest absolute Gasteiger partial charge is 0.606 e. The molecule has 0 saturated carbocycles. The van der Waals surface area contributed by atoms with Crippen LogP contribution in [0.2, 0.25) is 0 Å². The van der Waals surface area contributed by atoms with Crippen molar-refractivity contribution in [1.29, 1.82) is 0 Å². The van der Waals surface area contributed by atoms with Crippen molar-refractivity contribution in [3.05, 3.63) is 59.2 Å². The summed E-state index contributed by atoms with van der Waals surface area (Å²) in [6.45, 7) is 0. The van der Waals surface area contributed by atoms with E-state index < -0.39 is 68.9 Å². The highest BCUT2D eigenvalue weighted by Crippen LogP contribution is 2.34. The smallest absolute Gasteiger partial charge is 0.393 e. The first-order chi connectivity index (χ1) is 11.9. The van der Waals surface area contributed by atoms with Gasteiger partial charge in [0.05, 0.1) is 24.0 Å². The van der Waals surface area contributed by atoms with Gasteiger partial charge in [-0.05, 0) is 24.3 Å². The van der Waals surface area contributed by atoms with Crippen LogP contribution in [0.25, 0.3) is 0 Å². The molecule has 0 unspecified atom stereocenters. The van der Waals surface area contributed by atoms with Crippen molar-refractivity contribution < 1.29 is 39.7 Å². The lowest BCUT2D eigenvalue weighted by atomic mass is 10.1. The summed E-state index contributed by atoms with van der Waals surface area (Å²) >= 11 is -2.64. The van der Waals surface area contributed by atoms with Gasteiger partial charge in [-0.2, -0.15) is 26.3 Å². The molecule has 0 saturated heterocycles. The van der Waals surface area contributed by atoms with E-state index in [-0.39, 0.29) is 0 Å². The van der Waals surface area contributed by atoms with Crippen molar-refractivity contribution >= 4 is 11.2 Å². The Bertz CT molecular complexity index is 719. The molecule has 2 aromatic rings. The van der Waals surface area contributed by atoms with Crippen molar-refractivity contribution in [3.8, 4) is 0 Å². The van der Waals surface area contributed by atoms with Crippen molar-refractivity contribution in [1.82, 2.24) is 0 Å². The maximum Gasteiger partial charge on any atom is 0.393 e. The molecule has 0 fully saturated rings. The van der Waals surface area contributed by atoms with Gasteiger partial charge in [0.15, 0.2) is 9.79 Å². The Hall–Kier alpha value is -1.81. The van der Waals surface area contributed by atoms with Crippen LogP contribution in [0, 0.1) is 11.6 Å². The highest BCUT2D eigenvalue weighted by atomic mass is 32.2. The monoisotopic (exact) mass is 402 g/mol. The van der Waals surface area contributed by atoms with E-state index in [0.717, 1.165) is 24.3 Å². The first-order valence-corrected chi connectivity index (χ1v) is 8.14. The Morgan fingerprint density at radius 1 is 0.692 bits per heavy atom. The summed E-state index contributed by atoms with van der Waals surface area (Å²) in [7, 11) is 0. The lowest BCUT2D eigenvalue weighted by Crippen LogP contribution is -2.19. The third kappa shape index (κ3) is 5.10. The van der Waals surface area contributed by atoms with Crippen molar-refractivity contribution in [2.45, 2.75) is 35.0 Å². The third-order valence-electron chi connectivity index (χ3n) is 3.31. The summed E-state index contributed by atoms with van der Waals surface area (Å²) in [5.41, 5.74) is -1.92. The van der Waals surface area contributed by atoms with Gasteiger partial charge in [0.2, 0.25) is 0 Å². The molecule has 2 aromatic carbocycles. The fourth-order valence-electron chi connectivity index (χ4n) is 2.29. The van der Waals surface area contributed by atoms with Gasteiger partial charge in [-0.25, -0.2) is 8.78 Å². The molecule has 0 N–H and O–H groups in total. The van der Waals surface area contributed by atoms with Gasteiger partial charge >= 0.3 is 12.4 Å². The van der Waals surface area contributed by atoms with Gasteiger partial charge in [-0.15, -0.1) is 0 Å². The summed E-state index contributed by atoms with van der Waals surface area (Å²) in [5, 5.41) is 0. The van der Waals surface area contributed by atoms with Gasteiger partial charge in [0.25, 0.3) is 0 Å². The Morgan fingerprint density at radius 3 is 1.35 bits per heavy atom. The molecule has 0 radical (unpaired) electrons. The number of alkyl halides is 6. The van der Waals surface area contributed by atoms with E-state index >= 15 is 0 Å². The maximum atomic E-state index is 13.8. The zero-order chi connectivity index (χ0) is 19.7. The van der Waals surface area contributed by atoms with E-state index in [4.69, 9.17) is 0 Å². The molecule has 26 heavy (non-hydrogen) atoms. The standard InChI is InChI=1S/C16H10F8OS/c17-11-3-1-5-13(9(11)7-15(19,20)21)26(25)14-6-2-4-12(18)10(14)8-16(22,23)24/h1-6H,7-8H2. The predicted molar refractivity (Wildman–Crippen MR) is 77.0 cm³/mol.